The summed E-state index contributed by atoms with van der Waals surface area (Å²) in [6, 6.07) is 19.2. The van der Waals surface area contributed by atoms with Gasteiger partial charge in [0, 0.05) is 6.04 Å². The Balaban J connectivity index is 1.30. The number of rotatable bonds is 8. The number of ether oxygens (including phenoxy) is 2. The van der Waals surface area contributed by atoms with Crippen LogP contribution >= 0.6 is 11.8 Å². The first-order valence-corrected chi connectivity index (χ1v) is 12.2. The number of nitrogens with one attached hydrogen (secondary N) is 1. The first kappa shape index (κ1) is 23.0. The summed E-state index contributed by atoms with van der Waals surface area (Å²) in [4.78, 5) is 39.3. The molecule has 0 unspecified atom stereocenters. The number of benzene rings is 3. The first-order chi connectivity index (χ1) is 17.0. The second-order valence-corrected chi connectivity index (χ2v) is 9.44. The van der Waals surface area contributed by atoms with E-state index in [0.717, 1.165) is 40.9 Å². The van der Waals surface area contributed by atoms with Gasteiger partial charge in [-0.25, -0.2) is 0 Å². The average Bonchev–Trinajstić information content (AvgIpc) is 3.65. The highest BCUT2D eigenvalue weighted by molar-refractivity contribution is 8.18. The average molecular weight is 489 g/mol. The third kappa shape index (κ3) is 5.17. The van der Waals surface area contributed by atoms with Gasteiger partial charge in [0.15, 0.2) is 18.1 Å². The number of carbonyl (C=O) groups excluding carboxylic acids is 3. The maximum atomic E-state index is 13.1. The van der Waals surface area contributed by atoms with E-state index in [-0.39, 0.29) is 36.2 Å². The predicted molar refractivity (Wildman–Crippen MR) is 135 cm³/mol. The molecule has 2 fully saturated rings. The summed E-state index contributed by atoms with van der Waals surface area (Å²) in [6.45, 7) is 0.113. The molecule has 2 aliphatic rings. The first-order valence-electron chi connectivity index (χ1n) is 11.3. The summed E-state index contributed by atoms with van der Waals surface area (Å²) in [5.41, 5.74) is 1.60. The molecule has 5 rings (SSSR count). The lowest BCUT2D eigenvalue weighted by Crippen LogP contribution is -2.30. The van der Waals surface area contributed by atoms with Crippen LogP contribution in [0.2, 0.25) is 0 Å². The van der Waals surface area contributed by atoms with Gasteiger partial charge < -0.3 is 14.8 Å². The number of carbonyl (C=O) groups is 3. The van der Waals surface area contributed by atoms with E-state index in [1.807, 2.05) is 42.5 Å². The third-order valence-electron chi connectivity index (χ3n) is 5.87. The van der Waals surface area contributed by atoms with Gasteiger partial charge in [-0.05, 0) is 64.7 Å². The fourth-order valence-corrected chi connectivity index (χ4v) is 4.76. The zero-order valence-corrected chi connectivity index (χ0v) is 20.0. The molecule has 3 amide bonds. The van der Waals surface area contributed by atoms with Crippen LogP contribution in [0.1, 0.15) is 24.0 Å². The molecule has 0 atom stereocenters. The van der Waals surface area contributed by atoms with Crippen LogP contribution < -0.4 is 14.8 Å². The Morgan fingerprint density at radius 3 is 2.69 bits per heavy atom. The van der Waals surface area contributed by atoms with E-state index in [1.165, 1.54) is 12.0 Å². The minimum absolute atomic E-state index is 0.0980. The Morgan fingerprint density at radius 2 is 1.89 bits per heavy atom. The van der Waals surface area contributed by atoms with Gasteiger partial charge in [0.2, 0.25) is 0 Å². The molecule has 178 valence electrons. The second kappa shape index (κ2) is 9.84. The number of methoxy groups -OCH3 is 1. The summed E-state index contributed by atoms with van der Waals surface area (Å²) in [5, 5.41) is 4.65. The van der Waals surface area contributed by atoms with Crippen LogP contribution in [-0.4, -0.2) is 41.7 Å². The van der Waals surface area contributed by atoms with Crippen molar-refractivity contribution >= 4 is 45.7 Å². The van der Waals surface area contributed by atoms with E-state index in [1.54, 1.807) is 24.3 Å². The molecule has 1 heterocycles. The minimum Gasteiger partial charge on any atom is -0.493 e. The summed E-state index contributed by atoms with van der Waals surface area (Å²) in [6.07, 6.45) is 3.69. The molecular formula is C27H24N2O5S. The predicted octanol–water partition coefficient (Wildman–Crippen LogP) is 4.74. The topological polar surface area (TPSA) is 84.9 Å². The van der Waals surface area contributed by atoms with Gasteiger partial charge in [-0.2, -0.15) is 0 Å². The fourth-order valence-electron chi connectivity index (χ4n) is 3.92. The lowest BCUT2D eigenvalue weighted by atomic mass is 10.0. The van der Waals surface area contributed by atoms with Crippen molar-refractivity contribution in [3.05, 3.63) is 76.7 Å². The van der Waals surface area contributed by atoms with Gasteiger partial charge in [-0.1, -0.05) is 48.5 Å². The highest BCUT2D eigenvalue weighted by Crippen LogP contribution is 2.36. The molecule has 0 bridgehead atoms. The van der Waals surface area contributed by atoms with Gasteiger partial charge in [-0.3, -0.25) is 19.3 Å². The Bertz CT molecular complexity index is 1340. The van der Waals surface area contributed by atoms with Crippen LogP contribution in [0.25, 0.3) is 16.8 Å². The molecular weight excluding hydrogens is 464 g/mol. The maximum absolute atomic E-state index is 13.1. The Labute approximate surface area is 207 Å². The third-order valence-corrected chi connectivity index (χ3v) is 6.78. The number of imide groups is 1. The van der Waals surface area contributed by atoms with Gasteiger partial charge >= 0.3 is 0 Å². The smallest absolute Gasteiger partial charge is 0.293 e. The lowest BCUT2D eigenvalue weighted by Gasteiger charge is -2.14. The van der Waals surface area contributed by atoms with Crippen molar-refractivity contribution in [2.24, 2.45) is 0 Å². The molecule has 35 heavy (non-hydrogen) atoms. The second-order valence-electron chi connectivity index (χ2n) is 8.45. The number of hydrogen-bond acceptors (Lipinski definition) is 6. The van der Waals surface area contributed by atoms with Crippen LogP contribution in [-0.2, 0) is 16.1 Å². The number of hydrogen-bond donors (Lipinski definition) is 1. The molecule has 1 aliphatic heterocycles. The normalized spacial score (nSPS) is 16.7. The minimum atomic E-state index is -0.330. The Kier molecular flexibility index (Phi) is 6.46. The molecule has 7 nitrogen and oxygen atoms in total. The van der Waals surface area contributed by atoms with Crippen molar-refractivity contribution < 1.29 is 23.9 Å². The zero-order chi connectivity index (χ0) is 24.4. The van der Waals surface area contributed by atoms with E-state index in [4.69, 9.17) is 9.47 Å². The molecule has 0 spiro atoms. The summed E-state index contributed by atoms with van der Waals surface area (Å²) in [5.74, 6) is 0.370. The standard InChI is InChI=1S/C27H24N2O5S/c1-33-23-13-17(9-12-22(23)34-16-25(30)28-20-10-11-20)14-24-26(31)29(27(32)35-24)15-19-7-4-6-18-5-2-3-8-21(18)19/h2-9,12-14,20H,10-11,15-16H2,1H3,(H,28,30)/b24-14-. The van der Waals surface area contributed by atoms with E-state index in [2.05, 4.69) is 5.32 Å². The van der Waals surface area contributed by atoms with Crippen molar-refractivity contribution in [2.45, 2.75) is 25.4 Å². The van der Waals surface area contributed by atoms with Gasteiger partial charge in [0.1, 0.15) is 0 Å². The highest BCUT2D eigenvalue weighted by atomic mass is 32.2. The summed E-state index contributed by atoms with van der Waals surface area (Å²) < 4.78 is 11.0. The highest BCUT2D eigenvalue weighted by Gasteiger charge is 2.35. The lowest BCUT2D eigenvalue weighted by molar-refractivity contribution is -0.124. The van der Waals surface area contributed by atoms with Crippen LogP contribution in [0.15, 0.2) is 65.6 Å². The molecule has 3 aromatic rings. The van der Waals surface area contributed by atoms with E-state index >= 15 is 0 Å². The molecule has 1 saturated heterocycles. The van der Waals surface area contributed by atoms with Crippen LogP contribution in [0, 0.1) is 0 Å². The maximum Gasteiger partial charge on any atom is 0.293 e. The molecule has 0 aromatic heterocycles. The number of thioether (sulfide) groups is 1. The van der Waals surface area contributed by atoms with Crippen LogP contribution in [0.3, 0.4) is 0 Å². The largest absolute Gasteiger partial charge is 0.493 e. The van der Waals surface area contributed by atoms with Gasteiger partial charge in [0.25, 0.3) is 17.1 Å². The summed E-state index contributed by atoms with van der Waals surface area (Å²) in [7, 11) is 1.51. The molecule has 8 heteroatoms. The van der Waals surface area contributed by atoms with E-state index in [0.29, 0.717) is 22.0 Å². The molecule has 1 aliphatic carbocycles. The molecule has 3 aromatic carbocycles. The van der Waals surface area contributed by atoms with Crippen molar-refractivity contribution in [3.63, 3.8) is 0 Å². The summed E-state index contributed by atoms with van der Waals surface area (Å²) >= 11 is 0.918. The number of fused-ring (bicyclic) bond motifs is 1. The van der Waals surface area contributed by atoms with Crippen LogP contribution in [0.4, 0.5) is 4.79 Å². The van der Waals surface area contributed by atoms with Gasteiger partial charge in [0.05, 0.1) is 18.6 Å². The number of amides is 3. The van der Waals surface area contributed by atoms with Crippen molar-refractivity contribution in [1.82, 2.24) is 10.2 Å². The van der Waals surface area contributed by atoms with E-state index in [9.17, 15) is 14.4 Å². The zero-order valence-electron chi connectivity index (χ0n) is 19.2. The monoisotopic (exact) mass is 488 g/mol. The van der Waals surface area contributed by atoms with Crippen molar-refractivity contribution in [2.75, 3.05) is 13.7 Å². The van der Waals surface area contributed by atoms with E-state index < -0.39 is 0 Å². The van der Waals surface area contributed by atoms with Crippen molar-refractivity contribution in [3.8, 4) is 11.5 Å². The quantitative estimate of drug-likeness (QED) is 0.461. The van der Waals surface area contributed by atoms with Gasteiger partial charge in [-0.15, -0.1) is 0 Å². The van der Waals surface area contributed by atoms with Crippen LogP contribution in [0.5, 0.6) is 11.5 Å². The number of nitrogens with zero attached hydrogens (tertiary/aromatic N) is 1. The Hall–Kier alpha value is -3.78. The van der Waals surface area contributed by atoms with Crippen molar-refractivity contribution in [1.29, 1.82) is 0 Å². The Morgan fingerprint density at radius 1 is 1.09 bits per heavy atom. The fraction of sp³-hybridized carbons (Fsp3) is 0.222. The molecule has 1 saturated carbocycles. The molecule has 0 radical (unpaired) electrons. The SMILES string of the molecule is COc1cc(/C=C2\SC(=O)N(Cc3cccc4ccccc34)C2=O)ccc1OCC(=O)NC1CC1. The molecule has 1 N–H and O–H groups in total.